The van der Waals surface area contributed by atoms with Crippen molar-refractivity contribution in [3.05, 3.63) is 0 Å². The molecule has 1 heterocycles. The Hall–Kier alpha value is -0.520. The summed E-state index contributed by atoms with van der Waals surface area (Å²) in [5, 5.41) is 0. The molecule has 1 saturated heterocycles. The second-order valence-electron chi connectivity index (χ2n) is 2.53. The van der Waals surface area contributed by atoms with Crippen LogP contribution < -0.4 is 0 Å². The summed E-state index contributed by atoms with van der Waals surface area (Å²) in [5.74, 6) is 5.62. The van der Waals surface area contributed by atoms with Crippen molar-refractivity contribution in [2.45, 2.75) is 32.5 Å². The molecule has 0 aromatic rings. The molecular formula is C9H14O2. The van der Waals surface area contributed by atoms with Gasteiger partial charge in [-0.3, -0.25) is 0 Å². The van der Waals surface area contributed by atoms with Crippen LogP contribution in [0, 0.1) is 11.8 Å². The van der Waals surface area contributed by atoms with Crippen LogP contribution in [0.3, 0.4) is 0 Å². The predicted molar refractivity (Wildman–Crippen MR) is 43.0 cm³/mol. The van der Waals surface area contributed by atoms with Crippen molar-refractivity contribution >= 4 is 0 Å². The molecule has 0 N–H and O–H groups in total. The third kappa shape index (κ3) is 3.41. The number of hydrogen-bond acceptors (Lipinski definition) is 2. The van der Waals surface area contributed by atoms with Gasteiger partial charge in [-0.2, -0.15) is 0 Å². The van der Waals surface area contributed by atoms with Gasteiger partial charge in [0.25, 0.3) is 0 Å². The van der Waals surface area contributed by atoms with E-state index in [0.717, 1.165) is 13.0 Å². The summed E-state index contributed by atoms with van der Waals surface area (Å²) in [5.41, 5.74) is 0. The third-order valence-electron chi connectivity index (χ3n) is 1.66. The van der Waals surface area contributed by atoms with Crippen LogP contribution in [-0.2, 0) is 9.47 Å². The molecule has 0 aromatic heterocycles. The maximum atomic E-state index is 5.33. The van der Waals surface area contributed by atoms with Gasteiger partial charge < -0.3 is 9.47 Å². The Morgan fingerprint density at radius 3 is 3.09 bits per heavy atom. The average Bonchev–Trinajstić information content (AvgIpc) is 2.07. The van der Waals surface area contributed by atoms with Crippen molar-refractivity contribution in [3.63, 3.8) is 0 Å². The summed E-state index contributed by atoms with van der Waals surface area (Å²) in [7, 11) is 0. The van der Waals surface area contributed by atoms with Crippen molar-refractivity contribution in [3.8, 4) is 11.8 Å². The van der Waals surface area contributed by atoms with Crippen molar-refractivity contribution in [2.75, 3.05) is 13.2 Å². The standard InChI is InChI=1S/C9H14O2/c1-2-3-7-10-9-6-4-5-8-11-9/h9H,4-8H2,1H3. The number of rotatable bonds is 2. The van der Waals surface area contributed by atoms with E-state index < -0.39 is 0 Å². The molecule has 1 unspecified atom stereocenters. The van der Waals surface area contributed by atoms with E-state index in [0.29, 0.717) is 6.61 Å². The highest BCUT2D eigenvalue weighted by molar-refractivity contribution is 4.94. The van der Waals surface area contributed by atoms with Gasteiger partial charge in [0, 0.05) is 6.61 Å². The third-order valence-corrected chi connectivity index (χ3v) is 1.66. The SMILES string of the molecule is CC#CCOC1CCCCO1. The smallest absolute Gasteiger partial charge is 0.158 e. The summed E-state index contributed by atoms with van der Waals surface area (Å²) in [6, 6.07) is 0. The minimum atomic E-state index is 0.00426. The van der Waals surface area contributed by atoms with E-state index in [-0.39, 0.29) is 6.29 Å². The topological polar surface area (TPSA) is 18.5 Å². The lowest BCUT2D eigenvalue weighted by Crippen LogP contribution is -2.22. The number of hydrogen-bond donors (Lipinski definition) is 0. The summed E-state index contributed by atoms with van der Waals surface area (Å²) in [6.07, 6.45) is 3.40. The molecule has 62 valence electrons. The van der Waals surface area contributed by atoms with Crippen LogP contribution >= 0.6 is 0 Å². The molecule has 1 aliphatic rings. The van der Waals surface area contributed by atoms with Gasteiger partial charge in [0.2, 0.25) is 0 Å². The molecule has 1 atom stereocenters. The first-order chi connectivity index (χ1) is 5.43. The maximum Gasteiger partial charge on any atom is 0.158 e. The van der Waals surface area contributed by atoms with E-state index in [2.05, 4.69) is 11.8 Å². The van der Waals surface area contributed by atoms with Crippen molar-refractivity contribution in [1.29, 1.82) is 0 Å². The van der Waals surface area contributed by atoms with Gasteiger partial charge in [0.15, 0.2) is 6.29 Å². The van der Waals surface area contributed by atoms with E-state index in [4.69, 9.17) is 9.47 Å². The van der Waals surface area contributed by atoms with Crippen LogP contribution in [0.25, 0.3) is 0 Å². The maximum absolute atomic E-state index is 5.33. The van der Waals surface area contributed by atoms with Gasteiger partial charge >= 0.3 is 0 Å². The quantitative estimate of drug-likeness (QED) is 0.562. The first-order valence-corrected chi connectivity index (χ1v) is 4.06. The van der Waals surface area contributed by atoms with Crippen LogP contribution in [0.5, 0.6) is 0 Å². The van der Waals surface area contributed by atoms with Crippen molar-refractivity contribution in [2.24, 2.45) is 0 Å². The van der Waals surface area contributed by atoms with E-state index in [1.54, 1.807) is 0 Å². The van der Waals surface area contributed by atoms with Crippen molar-refractivity contribution in [1.82, 2.24) is 0 Å². The Morgan fingerprint density at radius 2 is 2.45 bits per heavy atom. The molecule has 2 nitrogen and oxygen atoms in total. The molecule has 0 aromatic carbocycles. The van der Waals surface area contributed by atoms with Gasteiger partial charge in [0.05, 0.1) is 0 Å². The van der Waals surface area contributed by atoms with E-state index in [1.807, 2.05) is 6.92 Å². The van der Waals surface area contributed by atoms with Crippen LogP contribution in [0.2, 0.25) is 0 Å². The first kappa shape index (κ1) is 8.58. The summed E-state index contributed by atoms with van der Waals surface area (Å²) in [6.45, 7) is 3.15. The molecule has 0 amide bonds. The van der Waals surface area contributed by atoms with E-state index in [9.17, 15) is 0 Å². The molecule has 0 radical (unpaired) electrons. The molecule has 0 bridgehead atoms. The van der Waals surface area contributed by atoms with E-state index in [1.165, 1.54) is 12.8 Å². The van der Waals surface area contributed by atoms with Crippen LogP contribution in [0.4, 0.5) is 0 Å². The average molecular weight is 154 g/mol. The van der Waals surface area contributed by atoms with Gasteiger partial charge in [0.1, 0.15) is 6.61 Å². The Kier molecular flexibility index (Phi) is 4.03. The first-order valence-electron chi connectivity index (χ1n) is 4.06. The zero-order valence-corrected chi connectivity index (χ0v) is 6.93. The fourth-order valence-corrected chi connectivity index (χ4v) is 1.05. The summed E-state index contributed by atoms with van der Waals surface area (Å²) >= 11 is 0. The lowest BCUT2D eigenvalue weighted by Gasteiger charge is -2.21. The highest BCUT2D eigenvalue weighted by atomic mass is 16.7. The van der Waals surface area contributed by atoms with Gasteiger partial charge in [-0.15, -0.1) is 5.92 Å². The van der Waals surface area contributed by atoms with Crippen LogP contribution in [0.15, 0.2) is 0 Å². The largest absolute Gasteiger partial charge is 0.353 e. The van der Waals surface area contributed by atoms with Crippen LogP contribution in [0.1, 0.15) is 26.2 Å². The predicted octanol–water partition coefficient (Wildman–Crippen LogP) is 1.55. The number of ether oxygens (including phenoxy) is 2. The lowest BCUT2D eigenvalue weighted by atomic mass is 10.2. The Balaban J connectivity index is 2.08. The Labute approximate surface area is 67.9 Å². The molecule has 0 saturated carbocycles. The molecular weight excluding hydrogens is 140 g/mol. The second-order valence-corrected chi connectivity index (χ2v) is 2.53. The van der Waals surface area contributed by atoms with Gasteiger partial charge in [-0.05, 0) is 26.2 Å². The Bertz CT molecular complexity index is 149. The molecule has 1 rings (SSSR count). The highest BCUT2D eigenvalue weighted by Gasteiger charge is 2.12. The molecule has 1 fully saturated rings. The normalized spacial score (nSPS) is 23.9. The Morgan fingerprint density at radius 1 is 1.55 bits per heavy atom. The lowest BCUT2D eigenvalue weighted by molar-refractivity contribution is -0.154. The molecule has 11 heavy (non-hydrogen) atoms. The van der Waals surface area contributed by atoms with E-state index >= 15 is 0 Å². The van der Waals surface area contributed by atoms with Crippen LogP contribution in [-0.4, -0.2) is 19.5 Å². The molecule has 2 heteroatoms. The monoisotopic (exact) mass is 154 g/mol. The van der Waals surface area contributed by atoms with Crippen molar-refractivity contribution < 1.29 is 9.47 Å². The minimum Gasteiger partial charge on any atom is -0.353 e. The van der Waals surface area contributed by atoms with Gasteiger partial charge in [-0.1, -0.05) is 5.92 Å². The fourth-order valence-electron chi connectivity index (χ4n) is 1.05. The summed E-state index contributed by atoms with van der Waals surface area (Å²) in [4.78, 5) is 0. The molecule has 0 spiro atoms. The minimum absolute atomic E-state index is 0.00426. The zero-order valence-electron chi connectivity index (χ0n) is 6.93. The highest BCUT2D eigenvalue weighted by Crippen LogP contribution is 2.12. The fraction of sp³-hybridized carbons (Fsp3) is 0.778. The van der Waals surface area contributed by atoms with Gasteiger partial charge in [-0.25, -0.2) is 0 Å². The zero-order chi connectivity index (χ0) is 7.94. The molecule has 0 aliphatic carbocycles. The second kappa shape index (κ2) is 5.17. The molecule has 1 aliphatic heterocycles. The summed E-state index contributed by atoms with van der Waals surface area (Å²) < 4.78 is 10.7.